The molecular weight excluding hydrogens is 191 g/mol. The first kappa shape index (κ1) is 9.37. The predicted octanol–water partition coefficient (Wildman–Crippen LogP) is 1.40. The summed E-state index contributed by atoms with van der Waals surface area (Å²) in [6.45, 7) is 1.58. The van der Waals surface area contributed by atoms with Crippen molar-refractivity contribution in [3.05, 3.63) is 22.8 Å². The van der Waals surface area contributed by atoms with Crippen LogP contribution in [0.2, 0.25) is 0 Å². The number of rotatable bonds is 0. The van der Waals surface area contributed by atoms with Crippen LogP contribution in [0.1, 0.15) is 6.92 Å². The molecule has 1 heterocycles. The van der Waals surface area contributed by atoms with Gasteiger partial charge in [0.25, 0.3) is 0 Å². The second-order valence-corrected chi connectivity index (χ2v) is 3.61. The average Bonchev–Trinajstić information content (AvgIpc) is 2.47. The lowest BCUT2D eigenvalue weighted by Gasteiger charge is -2.22. The summed E-state index contributed by atoms with van der Waals surface area (Å²) >= 11 is 0. The van der Waals surface area contributed by atoms with Gasteiger partial charge in [0.1, 0.15) is 0 Å². The molecule has 14 heavy (non-hydrogen) atoms. The van der Waals surface area contributed by atoms with E-state index in [9.17, 15) is 13.2 Å². The van der Waals surface area contributed by atoms with Gasteiger partial charge in [-0.25, -0.2) is 0 Å². The van der Waals surface area contributed by atoms with Crippen molar-refractivity contribution in [3.8, 4) is 0 Å². The summed E-state index contributed by atoms with van der Waals surface area (Å²) in [5.41, 5.74) is 0. The normalized spacial score (nSPS) is 26.3. The molecule has 0 fully saturated rings. The average molecular weight is 201 g/mol. The summed E-state index contributed by atoms with van der Waals surface area (Å²) in [5, 5.41) is 1.43. The Morgan fingerprint density at radius 3 is 2.64 bits per heavy atom. The van der Waals surface area contributed by atoms with Gasteiger partial charge in [0.05, 0.1) is 5.92 Å². The summed E-state index contributed by atoms with van der Waals surface area (Å²) in [7, 11) is 0. The van der Waals surface area contributed by atoms with Crippen LogP contribution >= 0.6 is 0 Å². The molecule has 2 atom stereocenters. The third kappa shape index (κ3) is 1.45. The standard InChI is InChI=1S/C10H10F3N/c1-6-4-9-7(2-3-14-9)5-8(6)10(11,12)13/h2-6,8,14H,1H3. The summed E-state index contributed by atoms with van der Waals surface area (Å²) in [5.74, 6) is -1.85. The van der Waals surface area contributed by atoms with Crippen molar-refractivity contribution in [2.24, 2.45) is 11.8 Å². The van der Waals surface area contributed by atoms with Crippen LogP contribution in [0.25, 0.3) is 12.2 Å². The summed E-state index contributed by atoms with van der Waals surface area (Å²) in [6, 6.07) is 1.66. The number of aromatic nitrogens is 1. The molecule has 2 unspecified atom stereocenters. The van der Waals surface area contributed by atoms with Crippen LogP contribution in [0, 0.1) is 11.8 Å². The molecule has 0 bridgehead atoms. The smallest absolute Gasteiger partial charge is 0.361 e. The molecule has 1 N–H and O–H groups in total. The van der Waals surface area contributed by atoms with Crippen molar-refractivity contribution >= 4 is 12.2 Å². The lowest BCUT2D eigenvalue weighted by molar-refractivity contribution is -0.163. The molecule has 1 nitrogen and oxygen atoms in total. The Morgan fingerprint density at radius 2 is 2.00 bits per heavy atom. The third-order valence-electron chi connectivity index (χ3n) is 2.55. The van der Waals surface area contributed by atoms with Crippen molar-refractivity contribution in [1.29, 1.82) is 0 Å². The zero-order valence-electron chi connectivity index (χ0n) is 7.60. The molecule has 0 saturated heterocycles. The van der Waals surface area contributed by atoms with Gasteiger partial charge in [-0.15, -0.1) is 0 Å². The molecule has 0 amide bonds. The van der Waals surface area contributed by atoms with Gasteiger partial charge in [-0.2, -0.15) is 13.2 Å². The molecular formula is C10H10F3N. The fourth-order valence-corrected chi connectivity index (χ4v) is 1.79. The van der Waals surface area contributed by atoms with Crippen LogP contribution in [-0.4, -0.2) is 11.2 Å². The number of aromatic amines is 1. The van der Waals surface area contributed by atoms with E-state index in [1.807, 2.05) is 0 Å². The second-order valence-electron chi connectivity index (χ2n) is 3.61. The quantitative estimate of drug-likeness (QED) is 0.653. The first-order valence-corrected chi connectivity index (χ1v) is 4.42. The molecule has 1 aliphatic rings. The Hall–Kier alpha value is -1.19. The van der Waals surface area contributed by atoms with E-state index in [0.717, 1.165) is 5.35 Å². The van der Waals surface area contributed by atoms with E-state index in [1.54, 1.807) is 25.3 Å². The highest BCUT2D eigenvalue weighted by Gasteiger charge is 2.41. The number of nitrogens with one attached hydrogen (secondary N) is 1. The van der Waals surface area contributed by atoms with Crippen molar-refractivity contribution in [3.63, 3.8) is 0 Å². The van der Waals surface area contributed by atoms with E-state index in [2.05, 4.69) is 4.98 Å². The molecule has 1 aliphatic carbocycles. The molecule has 4 heteroatoms. The highest BCUT2D eigenvalue weighted by Crippen LogP contribution is 2.34. The van der Waals surface area contributed by atoms with Crippen LogP contribution in [0.5, 0.6) is 0 Å². The highest BCUT2D eigenvalue weighted by atomic mass is 19.4. The van der Waals surface area contributed by atoms with E-state index >= 15 is 0 Å². The van der Waals surface area contributed by atoms with Gasteiger partial charge >= 0.3 is 6.18 Å². The third-order valence-corrected chi connectivity index (χ3v) is 2.55. The minimum Gasteiger partial charge on any atom is -0.361 e. The number of hydrogen-bond acceptors (Lipinski definition) is 0. The maximum Gasteiger partial charge on any atom is 0.395 e. The topological polar surface area (TPSA) is 15.8 Å². The van der Waals surface area contributed by atoms with E-state index in [4.69, 9.17) is 0 Å². The maximum absolute atomic E-state index is 12.5. The Morgan fingerprint density at radius 1 is 1.29 bits per heavy atom. The minimum atomic E-state index is -4.15. The Kier molecular flexibility index (Phi) is 1.94. The Bertz CT molecular complexity index is 441. The van der Waals surface area contributed by atoms with Gasteiger partial charge in [0.2, 0.25) is 0 Å². The first-order valence-electron chi connectivity index (χ1n) is 4.42. The van der Waals surface area contributed by atoms with Crippen LogP contribution in [-0.2, 0) is 0 Å². The zero-order valence-corrected chi connectivity index (χ0v) is 7.60. The van der Waals surface area contributed by atoms with E-state index < -0.39 is 18.0 Å². The molecule has 1 aromatic heterocycles. The largest absolute Gasteiger partial charge is 0.395 e. The molecule has 0 saturated carbocycles. The molecule has 0 radical (unpaired) electrons. The number of hydrogen-bond donors (Lipinski definition) is 1. The summed E-state index contributed by atoms with van der Waals surface area (Å²) < 4.78 is 37.6. The lowest BCUT2D eigenvalue weighted by atomic mass is 9.89. The van der Waals surface area contributed by atoms with Crippen molar-refractivity contribution in [2.45, 2.75) is 13.1 Å². The van der Waals surface area contributed by atoms with Crippen molar-refractivity contribution in [1.82, 2.24) is 4.98 Å². The van der Waals surface area contributed by atoms with E-state index in [0.29, 0.717) is 5.22 Å². The Balaban J connectivity index is 2.53. The first-order chi connectivity index (χ1) is 6.48. The highest BCUT2D eigenvalue weighted by molar-refractivity contribution is 5.41. The van der Waals surface area contributed by atoms with Crippen LogP contribution in [0.15, 0.2) is 12.3 Å². The zero-order chi connectivity index (χ0) is 10.3. The fourth-order valence-electron chi connectivity index (χ4n) is 1.79. The monoisotopic (exact) mass is 201 g/mol. The summed E-state index contributed by atoms with van der Waals surface area (Å²) in [4.78, 5) is 2.91. The number of alkyl halides is 3. The minimum absolute atomic E-state index is 0.499. The molecule has 0 aromatic carbocycles. The van der Waals surface area contributed by atoms with Gasteiger partial charge in [0, 0.05) is 11.5 Å². The van der Waals surface area contributed by atoms with Gasteiger partial charge in [0.15, 0.2) is 0 Å². The molecule has 1 aromatic rings. The molecule has 0 aliphatic heterocycles. The lowest BCUT2D eigenvalue weighted by Crippen LogP contribution is -2.36. The maximum atomic E-state index is 12.5. The molecule has 2 rings (SSSR count). The van der Waals surface area contributed by atoms with Crippen molar-refractivity contribution < 1.29 is 13.2 Å². The van der Waals surface area contributed by atoms with Crippen molar-refractivity contribution in [2.75, 3.05) is 0 Å². The molecule has 76 valence electrons. The number of H-pyrrole nitrogens is 1. The van der Waals surface area contributed by atoms with E-state index in [-0.39, 0.29) is 0 Å². The summed E-state index contributed by atoms with van der Waals surface area (Å²) in [6.07, 6.45) is 0.429. The number of fused-ring (bicyclic) bond motifs is 1. The van der Waals surface area contributed by atoms with Crippen LogP contribution in [0.4, 0.5) is 13.2 Å². The second kappa shape index (κ2) is 2.90. The van der Waals surface area contributed by atoms with Gasteiger partial charge < -0.3 is 4.98 Å². The SMILES string of the molecule is CC1C=c2[nH]ccc2=CC1C(F)(F)F. The predicted molar refractivity (Wildman–Crippen MR) is 47.7 cm³/mol. The Labute approximate surface area is 78.9 Å². The molecule has 0 spiro atoms. The van der Waals surface area contributed by atoms with Gasteiger partial charge in [-0.1, -0.05) is 19.1 Å². The van der Waals surface area contributed by atoms with E-state index in [1.165, 1.54) is 6.08 Å². The van der Waals surface area contributed by atoms with Crippen LogP contribution < -0.4 is 10.6 Å². The van der Waals surface area contributed by atoms with Gasteiger partial charge in [-0.05, 0) is 17.2 Å². The van der Waals surface area contributed by atoms with Gasteiger partial charge in [-0.3, -0.25) is 0 Å². The van der Waals surface area contributed by atoms with Crippen LogP contribution in [0.3, 0.4) is 0 Å². The fraction of sp³-hybridized carbons (Fsp3) is 0.400. The number of halogens is 3.